The Morgan fingerprint density at radius 1 is 0.900 bits per heavy atom. The van der Waals surface area contributed by atoms with E-state index in [4.69, 9.17) is 9.72 Å². The molecule has 3 aromatic heterocycles. The number of aromatic nitrogens is 3. The molecular weight excluding hydrogens is 529 g/mol. The highest BCUT2D eigenvalue weighted by molar-refractivity contribution is 6.82. The zero-order valence-electron chi connectivity index (χ0n) is 24.3. The average molecular weight is 569 g/mol. The first-order valence-corrected chi connectivity index (χ1v) is 16.0. The molecule has 0 radical (unpaired) electrons. The summed E-state index contributed by atoms with van der Waals surface area (Å²) < 4.78 is 46.8. The third kappa shape index (κ3) is 5.61. The van der Waals surface area contributed by atoms with Gasteiger partial charge in [0.15, 0.2) is 8.24 Å². The Bertz CT molecular complexity index is 1420. The zero-order chi connectivity index (χ0) is 29.2. The van der Waals surface area contributed by atoms with E-state index >= 15 is 0 Å². The van der Waals surface area contributed by atoms with Gasteiger partial charge in [0.25, 0.3) is 0 Å². The fourth-order valence-electron chi connectivity index (χ4n) is 6.49. The van der Waals surface area contributed by atoms with Crippen LogP contribution < -0.4 is 10.1 Å². The maximum Gasteiger partial charge on any atom is 0.416 e. The number of nitrogens with zero attached hydrogens (tertiary/aromatic N) is 3. The van der Waals surface area contributed by atoms with Crippen LogP contribution in [0.25, 0.3) is 11.0 Å². The van der Waals surface area contributed by atoms with Crippen molar-refractivity contribution >= 4 is 25.1 Å². The summed E-state index contributed by atoms with van der Waals surface area (Å²) in [5, 5.41) is 4.34. The van der Waals surface area contributed by atoms with Crippen LogP contribution in [0.1, 0.15) is 63.8 Å². The molecule has 0 saturated carbocycles. The minimum atomic E-state index is -4.35. The van der Waals surface area contributed by atoms with E-state index in [1.54, 1.807) is 7.11 Å². The lowest BCUT2D eigenvalue weighted by Gasteiger charge is -2.44. The maximum absolute atomic E-state index is 12.9. The highest BCUT2D eigenvalue weighted by Crippen LogP contribution is 2.44. The van der Waals surface area contributed by atoms with Gasteiger partial charge >= 0.3 is 6.18 Å². The number of hydrogen-bond donors (Lipinski definition) is 1. The molecule has 0 fully saturated rings. The summed E-state index contributed by atoms with van der Waals surface area (Å²) in [5.41, 5.74) is 4.85. The summed E-state index contributed by atoms with van der Waals surface area (Å²) in [5.74, 6) is 1.11. The molecule has 214 valence electrons. The molecule has 0 amide bonds. The second kappa shape index (κ2) is 11.6. The third-order valence-electron chi connectivity index (χ3n) is 8.11. The maximum atomic E-state index is 12.9. The van der Waals surface area contributed by atoms with Crippen molar-refractivity contribution in [3.05, 3.63) is 83.2 Å². The smallest absolute Gasteiger partial charge is 0.416 e. The van der Waals surface area contributed by atoms with Gasteiger partial charge in [-0.05, 0) is 64.1 Å². The van der Waals surface area contributed by atoms with E-state index in [0.717, 1.165) is 34.3 Å². The number of benzene rings is 1. The largest absolute Gasteiger partial charge is 0.481 e. The molecule has 0 atom stereocenters. The zero-order valence-corrected chi connectivity index (χ0v) is 25.3. The number of alkyl halides is 3. The molecule has 0 bridgehead atoms. The first kappa shape index (κ1) is 29.6. The molecular formula is C31H39F3N4OSi. The fraction of sp³-hybridized carbons (Fsp3) is 0.419. The van der Waals surface area contributed by atoms with Crippen LogP contribution >= 0.6 is 0 Å². The molecule has 4 aromatic rings. The second-order valence-corrected chi connectivity index (χ2v) is 17.1. The molecule has 0 aliphatic rings. The normalized spacial score (nSPS) is 12.6. The molecule has 0 aliphatic carbocycles. The summed E-state index contributed by atoms with van der Waals surface area (Å²) in [6.07, 6.45) is 0.493. The van der Waals surface area contributed by atoms with Crippen LogP contribution in [0.4, 0.5) is 19.0 Å². The number of ether oxygens (including phenoxy) is 1. The summed E-state index contributed by atoms with van der Waals surface area (Å²) in [7, 11) is -0.416. The molecule has 40 heavy (non-hydrogen) atoms. The molecule has 9 heteroatoms. The van der Waals surface area contributed by atoms with Crippen LogP contribution in [-0.2, 0) is 19.1 Å². The molecule has 0 saturated heterocycles. The Kier molecular flexibility index (Phi) is 8.63. The standard InChI is InChI=1S/C31H39F3N4OSi/c1-20(2)40(21(3)4,22(5)6)38-19-25(27-9-8-16-35-29(27)38)17-24-12-15-28(37-30(24)39-7)36-18-23-10-13-26(14-11-23)31(32,33)34/h8-16,19-22H,17-18H2,1-7H3,(H,36,37). The summed E-state index contributed by atoms with van der Waals surface area (Å²) in [6, 6.07) is 13.1. The van der Waals surface area contributed by atoms with Gasteiger partial charge in [-0.2, -0.15) is 18.2 Å². The fourth-order valence-corrected chi connectivity index (χ4v) is 13.1. The molecule has 3 heterocycles. The lowest BCUT2D eigenvalue weighted by atomic mass is 10.1. The average Bonchev–Trinajstić information content (AvgIpc) is 3.26. The number of nitrogens with one attached hydrogen (secondary N) is 1. The van der Waals surface area contributed by atoms with Crippen molar-refractivity contribution in [3.8, 4) is 5.88 Å². The van der Waals surface area contributed by atoms with Gasteiger partial charge < -0.3 is 14.3 Å². The lowest BCUT2D eigenvalue weighted by molar-refractivity contribution is -0.137. The number of rotatable bonds is 10. The van der Waals surface area contributed by atoms with Gasteiger partial charge in [0.2, 0.25) is 5.88 Å². The number of anilines is 1. The number of hydrogen-bond acceptors (Lipinski definition) is 4. The van der Waals surface area contributed by atoms with Crippen molar-refractivity contribution in [3.63, 3.8) is 0 Å². The summed E-state index contributed by atoms with van der Waals surface area (Å²) >= 11 is 0. The molecule has 4 rings (SSSR count). The lowest BCUT2D eigenvalue weighted by Crippen LogP contribution is -2.51. The minimum absolute atomic E-state index is 0.346. The SMILES string of the molecule is COc1nc(NCc2ccc(C(F)(F)F)cc2)ccc1Cc1cn([Si](C(C)C)(C(C)C)C(C)C)c2ncccc12. The van der Waals surface area contributed by atoms with Crippen molar-refractivity contribution in [2.24, 2.45) is 0 Å². The number of fused-ring (bicyclic) bond motifs is 1. The van der Waals surface area contributed by atoms with Crippen molar-refractivity contribution in [2.45, 2.75) is 77.3 Å². The topological polar surface area (TPSA) is 52.0 Å². The van der Waals surface area contributed by atoms with E-state index in [-0.39, 0.29) is 0 Å². The molecule has 5 nitrogen and oxygen atoms in total. The molecule has 0 aliphatic heterocycles. The monoisotopic (exact) mass is 568 g/mol. The van der Waals surface area contributed by atoms with Crippen molar-refractivity contribution in [2.75, 3.05) is 12.4 Å². The van der Waals surface area contributed by atoms with Gasteiger partial charge in [-0.3, -0.25) is 0 Å². The van der Waals surface area contributed by atoms with Gasteiger partial charge in [0.05, 0.1) is 12.7 Å². The Balaban J connectivity index is 1.63. The molecule has 1 N–H and O–H groups in total. The van der Waals surface area contributed by atoms with E-state index in [2.05, 4.69) is 68.3 Å². The van der Waals surface area contributed by atoms with Crippen LogP contribution in [-0.4, -0.2) is 29.5 Å². The van der Waals surface area contributed by atoms with Crippen LogP contribution in [0.2, 0.25) is 16.6 Å². The molecule has 1 aromatic carbocycles. The summed E-state index contributed by atoms with van der Waals surface area (Å²) in [4.78, 5) is 9.52. The predicted octanol–water partition coefficient (Wildman–Crippen LogP) is 8.69. The van der Waals surface area contributed by atoms with E-state index < -0.39 is 20.0 Å². The summed E-state index contributed by atoms with van der Waals surface area (Å²) in [6.45, 7) is 14.5. The molecule has 0 unspecified atom stereocenters. The number of halogens is 3. The van der Waals surface area contributed by atoms with Gasteiger partial charge in [0.1, 0.15) is 11.5 Å². The van der Waals surface area contributed by atoms with Crippen molar-refractivity contribution in [1.29, 1.82) is 0 Å². The van der Waals surface area contributed by atoms with Crippen LogP contribution in [0.5, 0.6) is 5.88 Å². The van der Waals surface area contributed by atoms with Gasteiger partial charge in [-0.15, -0.1) is 0 Å². The van der Waals surface area contributed by atoms with E-state index in [1.165, 1.54) is 17.7 Å². The quantitative estimate of drug-likeness (QED) is 0.195. The Labute approximate surface area is 235 Å². The third-order valence-corrected chi connectivity index (χ3v) is 14.8. The Hall–Kier alpha value is -3.33. The van der Waals surface area contributed by atoms with Crippen LogP contribution in [0, 0.1) is 0 Å². The first-order chi connectivity index (χ1) is 18.9. The molecule has 0 spiro atoms. The van der Waals surface area contributed by atoms with Crippen molar-refractivity contribution in [1.82, 2.24) is 14.2 Å². The van der Waals surface area contributed by atoms with Gasteiger partial charge in [-0.1, -0.05) is 53.7 Å². The van der Waals surface area contributed by atoms with E-state index in [1.807, 2.05) is 24.4 Å². The van der Waals surface area contributed by atoms with Crippen molar-refractivity contribution < 1.29 is 17.9 Å². The van der Waals surface area contributed by atoms with Gasteiger partial charge in [-0.25, -0.2) is 4.98 Å². The first-order valence-electron chi connectivity index (χ1n) is 13.8. The highest BCUT2D eigenvalue weighted by Gasteiger charge is 2.46. The van der Waals surface area contributed by atoms with E-state index in [9.17, 15) is 13.2 Å². The Morgan fingerprint density at radius 2 is 1.55 bits per heavy atom. The highest BCUT2D eigenvalue weighted by atomic mass is 28.3. The second-order valence-electron chi connectivity index (χ2n) is 11.3. The van der Waals surface area contributed by atoms with Crippen LogP contribution in [0.15, 0.2) is 60.9 Å². The van der Waals surface area contributed by atoms with Gasteiger partial charge in [0, 0.05) is 36.3 Å². The van der Waals surface area contributed by atoms with Crippen LogP contribution in [0.3, 0.4) is 0 Å². The predicted molar refractivity (Wildman–Crippen MR) is 159 cm³/mol. The number of pyridine rings is 2. The minimum Gasteiger partial charge on any atom is -0.481 e. The Morgan fingerprint density at radius 3 is 2.12 bits per heavy atom. The van der Waals surface area contributed by atoms with E-state index in [0.29, 0.717) is 41.3 Å². The number of methoxy groups -OCH3 is 1.